The number of carbonyl (C=O) groups is 1. The van der Waals surface area contributed by atoms with Gasteiger partial charge in [-0.15, -0.1) is 11.3 Å². The van der Waals surface area contributed by atoms with Crippen LogP contribution in [0, 0.1) is 0 Å². The number of thiazole rings is 1. The molecule has 0 bridgehead atoms. The molecule has 0 amide bonds. The summed E-state index contributed by atoms with van der Waals surface area (Å²) in [6.07, 6.45) is -2.24. The maximum atomic E-state index is 10.7. The molecule has 25 heavy (non-hydrogen) atoms. The predicted octanol–water partition coefficient (Wildman–Crippen LogP) is -0.182. The van der Waals surface area contributed by atoms with Gasteiger partial charge in [0, 0.05) is 17.1 Å². The lowest BCUT2D eigenvalue weighted by Gasteiger charge is -2.30. The van der Waals surface area contributed by atoms with Gasteiger partial charge < -0.3 is 25.2 Å². The van der Waals surface area contributed by atoms with Crippen LogP contribution < -0.4 is 0 Å². The number of carbonyl (C=O) groups excluding carboxylic acids is 1. The normalized spacial score (nSPS) is 17.7. The summed E-state index contributed by atoms with van der Waals surface area (Å²) in [6, 6.07) is 0. The minimum absolute atomic E-state index is 0.294. The zero-order valence-electron chi connectivity index (χ0n) is 13.8. The lowest BCUT2D eigenvalue weighted by Crippen LogP contribution is -2.43. The van der Waals surface area contributed by atoms with Gasteiger partial charge in [-0.3, -0.25) is 4.79 Å². The van der Waals surface area contributed by atoms with Crippen LogP contribution in [0.15, 0.2) is 17.8 Å². The molecular formula is C15H21N3O6S. The first-order valence-corrected chi connectivity index (χ1v) is 8.51. The molecule has 2 aromatic heterocycles. The van der Waals surface area contributed by atoms with Crippen molar-refractivity contribution in [1.29, 1.82) is 0 Å². The Morgan fingerprint density at radius 3 is 2.60 bits per heavy atom. The van der Waals surface area contributed by atoms with Gasteiger partial charge in [-0.25, -0.2) is 9.67 Å². The summed E-state index contributed by atoms with van der Waals surface area (Å²) >= 11 is 1.26. The third-order valence-electron chi connectivity index (χ3n) is 3.52. The average molecular weight is 371 g/mol. The molecule has 138 valence electrons. The van der Waals surface area contributed by atoms with Gasteiger partial charge in [0.25, 0.3) is 0 Å². The van der Waals surface area contributed by atoms with Gasteiger partial charge in [0.1, 0.15) is 22.9 Å². The molecule has 0 spiro atoms. The van der Waals surface area contributed by atoms with Crippen LogP contribution in [0.1, 0.15) is 30.6 Å². The number of hydrogen-bond acceptors (Lipinski definition) is 9. The van der Waals surface area contributed by atoms with E-state index in [-0.39, 0.29) is 6.61 Å². The zero-order valence-corrected chi connectivity index (χ0v) is 14.6. The van der Waals surface area contributed by atoms with Crippen molar-refractivity contribution in [3.63, 3.8) is 0 Å². The maximum Gasteiger partial charge on any atom is 0.178 e. The molecule has 0 saturated heterocycles. The van der Waals surface area contributed by atoms with E-state index in [1.807, 2.05) is 0 Å². The summed E-state index contributed by atoms with van der Waals surface area (Å²) in [4.78, 5) is 14.9. The Morgan fingerprint density at radius 1 is 1.32 bits per heavy atom. The van der Waals surface area contributed by atoms with E-state index in [4.69, 9.17) is 4.74 Å². The lowest BCUT2D eigenvalue weighted by molar-refractivity contribution is -0.172. The molecule has 0 aliphatic rings. The molecule has 0 fully saturated rings. The third-order valence-corrected chi connectivity index (χ3v) is 4.43. The molecule has 4 N–H and O–H groups in total. The van der Waals surface area contributed by atoms with Gasteiger partial charge in [-0.1, -0.05) is 0 Å². The molecular weight excluding hydrogens is 350 g/mol. The molecule has 0 aromatic carbocycles. The first-order chi connectivity index (χ1) is 11.9. The van der Waals surface area contributed by atoms with Crippen molar-refractivity contribution in [3.05, 3.63) is 23.5 Å². The van der Waals surface area contributed by atoms with Crippen LogP contribution in [0.25, 0.3) is 10.6 Å². The molecule has 0 aliphatic heterocycles. The third kappa shape index (κ3) is 4.69. The van der Waals surface area contributed by atoms with E-state index in [1.54, 1.807) is 18.5 Å². The smallest absolute Gasteiger partial charge is 0.178 e. The summed E-state index contributed by atoms with van der Waals surface area (Å²) in [7, 11) is 0. The standard InChI is InChI=1S/C15H21N3O6S/c1-8(5-19)24-15(13(23)12(22)9(2)21)18-4-10(3-16-18)14-17-11(6-20)7-25-14/h3-4,6-9,12-13,15,19,21-23H,5H2,1-2H3. The Hall–Kier alpha value is -1.69. The molecule has 0 saturated carbocycles. The quantitative estimate of drug-likeness (QED) is 0.445. The zero-order chi connectivity index (χ0) is 18.6. The van der Waals surface area contributed by atoms with Crippen LogP contribution >= 0.6 is 11.3 Å². The van der Waals surface area contributed by atoms with Crippen molar-refractivity contribution < 1.29 is 30.0 Å². The van der Waals surface area contributed by atoms with Gasteiger partial charge >= 0.3 is 0 Å². The predicted molar refractivity (Wildman–Crippen MR) is 89.1 cm³/mol. The summed E-state index contributed by atoms with van der Waals surface area (Å²) in [5, 5.41) is 45.2. The fourth-order valence-electron chi connectivity index (χ4n) is 2.09. The van der Waals surface area contributed by atoms with Gasteiger partial charge in [-0.05, 0) is 13.8 Å². The minimum Gasteiger partial charge on any atom is -0.394 e. The molecule has 9 nitrogen and oxygen atoms in total. The highest BCUT2D eigenvalue weighted by atomic mass is 32.1. The number of nitrogens with zero attached hydrogens (tertiary/aromatic N) is 3. The van der Waals surface area contributed by atoms with E-state index in [9.17, 15) is 25.2 Å². The van der Waals surface area contributed by atoms with Gasteiger partial charge in [0.05, 0.1) is 25.0 Å². The van der Waals surface area contributed by atoms with Gasteiger partial charge in [0.15, 0.2) is 12.5 Å². The fourth-order valence-corrected chi connectivity index (χ4v) is 2.84. The average Bonchev–Trinajstić information content (AvgIpc) is 3.26. The second-order valence-electron chi connectivity index (χ2n) is 5.65. The van der Waals surface area contributed by atoms with Crippen molar-refractivity contribution in [2.24, 2.45) is 0 Å². The van der Waals surface area contributed by atoms with E-state index in [2.05, 4.69) is 10.1 Å². The van der Waals surface area contributed by atoms with E-state index < -0.39 is 30.6 Å². The summed E-state index contributed by atoms with van der Waals surface area (Å²) < 4.78 is 6.83. The lowest BCUT2D eigenvalue weighted by atomic mass is 10.1. The van der Waals surface area contributed by atoms with E-state index in [0.29, 0.717) is 22.6 Å². The van der Waals surface area contributed by atoms with Crippen molar-refractivity contribution in [2.75, 3.05) is 6.61 Å². The number of aliphatic hydroxyl groups is 4. The van der Waals surface area contributed by atoms with Crippen molar-refractivity contribution in [3.8, 4) is 10.6 Å². The highest BCUT2D eigenvalue weighted by Gasteiger charge is 2.33. The second kappa shape index (κ2) is 8.61. The Balaban J connectivity index is 2.29. The van der Waals surface area contributed by atoms with E-state index in [1.165, 1.54) is 29.1 Å². The topological polar surface area (TPSA) is 138 Å². The summed E-state index contributed by atoms with van der Waals surface area (Å²) in [5.41, 5.74) is 0.904. The Morgan fingerprint density at radius 2 is 2.04 bits per heavy atom. The number of hydrogen-bond donors (Lipinski definition) is 4. The number of aldehydes is 1. The van der Waals surface area contributed by atoms with Crippen LogP contribution in [-0.2, 0) is 4.74 Å². The van der Waals surface area contributed by atoms with Crippen LogP contribution in [0.5, 0.6) is 0 Å². The van der Waals surface area contributed by atoms with Crippen LogP contribution in [-0.4, -0.2) is 72.5 Å². The summed E-state index contributed by atoms with van der Waals surface area (Å²) in [6.45, 7) is 2.64. The number of aromatic nitrogens is 3. The second-order valence-corrected chi connectivity index (χ2v) is 6.50. The van der Waals surface area contributed by atoms with Gasteiger partial charge in [0.2, 0.25) is 0 Å². The molecule has 0 radical (unpaired) electrons. The van der Waals surface area contributed by atoms with Crippen molar-refractivity contribution >= 4 is 17.6 Å². The van der Waals surface area contributed by atoms with Crippen molar-refractivity contribution in [2.45, 2.75) is 44.5 Å². The fraction of sp³-hybridized carbons (Fsp3) is 0.533. The van der Waals surface area contributed by atoms with Crippen LogP contribution in [0.3, 0.4) is 0 Å². The van der Waals surface area contributed by atoms with E-state index >= 15 is 0 Å². The van der Waals surface area contributed by atoms with Crippen molar-refractivity contribution in [1.82, 2.24) is 14.8 Å². The van der Waals surface area contributed by atoms with Crippen LogP contribution in [0.2, 0.25) is 0 Å². The number of aliphatic hydroxyl groups excluding tert-OH is 4. The molecule has 10 heteroatoms. The molecule has 2 rings (SSSR count). The molecule has 2 aromatic rings. The largest absolute Gasteiger partial charge is 0.394 e. The summed E-state index contributed by atoms with van der Waals surface area (Å²) in [5.74, 6) is 0. The molecule has 0 aliphatic carbocycles. The highest BCUT2D eigenvalue weighted by Crippen LogP contribution is 2.26. The molecule has 5 atom stereocenters. The molecule has 2 heterocycles. The Kier molecular flexibility index (Phi) is 6.76. The number of ether oxygens (including phenoxy) is 1. The first kappa shape index (κ1) is 19.6. The first-order valence-electron chi connectivity index (χ1n) is 7.63. The van der Waals surface area contributed by atoms with Crippen LogP contribution in [0.4, 0.5) is 0 Å². The number of rotatable bonds is 9. The Bertz CT molecular complexity index is 688. The highest BCUT2D eigenvalue weighted by molar-refractivity contribution is 7.13. The van der Waals surface area contributed by atoms with E-state index in [0.717, 1.165) is 0 Å². The SMILES string of the molecule is CC(CO)OC(C(O)C(O)C(C)O)n1cc(-c2nc(C=O)cs2)cn1. The Labute approximate surface area is 148 Å². The monoisotopic (exact) mass is 371 g/mol. The van der Waals surface area contributed by atoms with Gasteiger partial charge in [-0.2, -0.15) is 5.10 Å². The maximum absolute atomic E-state index is 10.7. The minimum atomic E-state index is -1.48. The molecule has 5 unspecified atom stereocenters.